The third kappa shape index (κ3) is 4.50. The summed E-state index contributed by atoms with van der Waals surface area (Å²) in [6.45, 7) is 5.57. The van der Waals surface area contributed by atoms with E-state index in [2.05, 4.69) is 41.5 Å². The highest BCUT2D eigenvalue weighted by Crippen LogP contribution is 2.31. The Kier molecular flexibility index (Phi) is 6.40. The quantitative estimate of drug-likeness (QED) is 0.808. The van der Waals surface area contributed by atoms with Crippen molar-refractivity contribution in [1.82, 2.24) is 4.98 Å². The van der Waals surface area contributed by atoms with Crippen LogP contribution in [-0.2, 0) is 16.0 Å². The second-order valence-electron chi connectivity index (χ2n) is 6.84. The lowest BCUT2D eigenvalue weighted by Crippen LogP contribution is -2.43. The van der Waals surface area contributed by atoms with Crippen molar-refractivity contribution in [3.05, 3.63) is 34.7 Å². The molecule has 0 bridgehead atoms. The molecule has 140 valence electrons. The molecule has 3 rings (SSSR count). The highest BCUT2D eigenvalue weighted by molar-refractivity contribution is 7.16. The van der Waals surface area contributed by atoms with Crippen molar-refractivity contribution in [2.24, 2.45) is 11.7 Å². The summed E-state index contributed by atoms with van der Waals surface area (Å²) in [5, 5.41) is 3.52. The first kappa shape index (κ1) is 19.0. The van der Waals surface area contributed by atoms with Gasteiger partial charge in [0.2, 0.25) is 5.91 Å². The first-order chi connectivity index (χ1) is 12.6. The summed E-state index contributed by atoms with van der Waals surface area (Å²) in [5.74, 6) is 0.0193. The average Bonchev–Trinajstić information content (AvgIpc) is 3.03. The fourth-order valence-corrected chi connectivity index (χ4v) is 4.15. The van der Waals surface area contributed by atoms with Crippen LogP contribution in [-0.4, -0.2) is 30.1 Å². The number of carbonyl (C=O) groups excluding carboxylic acids is 1. The summed E-state index contributed by atoms with van der Waals surface area (Å²) in [7, 11) is 0. The highest BCUT2D eigenvalue weighted by Gasteiger charge is 2.27. The Balaban J connectivity index is 1.68. The number of nitrogens with zero attached hydrogens (tertiary/aromatic N) is 1. The normalized spacial score (nSPS) is 16.4. The van der Waals surface area contributed by atoms with E-state index in [9.17, 15) is 4.79 Å². The number of rotatable bonds is 6. The predicted octanol–water partition coefficient (Wildman–Crippen LogP) is 3.76. The van der Waals surface area contributed by atoms with Crippen LogP contribution >= 0.6 is 11.3 Å². The van der Waals surface area contributed by atoms with Gasteiger partial charge in [-0.05, 0) is 37.7 Å². The fraction of sp³-hybridized carbons (Fsp3) is 0.500. The summed E-state index contributed by atoms with van der Waals surface area (Å²) >= 11 is 1.49. The number of amides is 1. The number of nitrogens with one attached hydrogen (secondary N) is 1. The minimum absolute atomic E-state index is 0.157. The van der Waals surface area contributed by atoms with Crippen molar-refractivity contribution in [2.45, 2.75) is 45.6 Å². The molecule has 5 nitrogen and oxygen atoms in total. The molecule has 1 aliphatic heterocycles. The Labute approximate surface area is 159 Å². The van der Waals surface area contributed by atoms with Gasteiger partial charge in [0, 0.05) is 23.7 Å². The summed E-state index contributed by atoms with van der Waals surface area (Å²) in [4.78, 5) is 18.2. The van der Waals surface area contributed by atoms with Crippen molar-refractivity contribution in [3.8, 4) is 11.3 Å². The number of hydrogen-bond donors (Lipinski definition) is 2. The zero-order valence-corrected chi connectivity index (χ0v) is 16.3. The van der Waals surface area contributed by atoms with Crippen LogP contribution in [0.3, 0.4) is 0 Å². The number of hydrogen-bond acceptors (Lipinski definition) is 5. The van der Waals surface area contributed by atoms with Crippen molar-refractivity contribution in [3.63, 3.8) is 0 Å². The summed E-state index contributed by atoms with van der Waals surface area (Å²) in [5.41, 5.74) is 9.48. The van der Waals surface area contributed by atoms with Gasteiger partial charge in [0.1, 0.15) is 0 Å². The van der Waals surface area contributed by atoms with E-state index in [0.29, 0.717) is 18.3 Å². The number of aromatic nitrogens is 1. The van der Waals surface area contributed by atoms with Crippen LogP contribution in [0.2, 0.25) is 0 Å². The van der Waals surface area contributed by atoms with E-state index < -0.39 is 6.04 Å². The number of benzene rings is 1. The van der Waals surface area contributed by atoms with Crippen LogP contribution in [0.15, 0.2) is 24.3 Å². The molecule has 0 spiro atoms. The Morgan fingerprint density at radius 1 is 1.35 bits per heavy atom. The predicted molar refractivity (Wildman–Crippen MR) is 106 cm³/mol. The Morgan fingerprint density at radius 3 is 2.69 bits per heavy atom. The smallest absolute Gasteiger partial charge is 0.243 e. The van der Waals surface area contributed by atoms with Gasteiger partial charge in [-0.3, -0.25) is 4.79 Å². The number of anilines is 1. The number of ether oxygens (including phenoxy) is 1. The number of aryl methyl sites for hydroxylation is 2. The van der Waals surface area contributed by atoms with E-state index in [1.54, 1.807) is 0 Å². The first-order valence-electron chi connectivity index (χ1n) is 9.29. The van der Waals surface area contributed by atoms with Crippen molar-refractivity contribution in [2.75, 3.05) is 18.5 Å². The SMILES string of the molecule is CCCc1ccc(-c2nc(NC(=O)C(N)C3CCOCC3)sc2C)cc1. The van der Waals surface area contributed by atoms with Crippen LogP contribution in [0.25, 0.3) is 11.3 Å². The molecule has 26 heavy (non-hydrogen) atoms. The molecule has 1 fully saturated rings. The van der Waals surface area contributed by atoms with Crippen LogP contribution < -0.4 is 11.1 Å². The van der Waals surface area contributed by atoms with E-state index in [-0.39, 0.29) is 11.8 Å². The maximum Gasteiger partial charge on any atom is 0.243 e. The Hall–Kier alpha value is -1.76. The number of nitrogens with two attached hydrogens (primary N) is 1. The van der Waals surface area contributed by atoms with E-state index in [1.807, 2.05) is 6.92 Å². The first-order valence-corrected chi connectivity index (χ1v) is 10.1. The van der Waals surface area contributed by atoms with Gasteiger partial charge >= 0.3 is 0 Å². The van der Waals surface area contributed by atoms with Crippen molar-refractivity contribution < 1.29 is 9.53 Å². The molecule has 0 radical (unpaired) electrons. The number of thiazole rings is 1. The Bertz CT molecular complexity index is 736. The van der Waals surface area contributed by atoms with Crippen LogP contribution in [0.1, 0.15) is 36.6 Å². The van der Waals surface area contributed by atoms with E-state index in [4.69, 9.17) is 10.5 Å². The molecule has 0 aliphatic carbocycles. The Morgan fingerprint density at radius 2 is 2.04 bits per heavy atom. The van der Waals surface area contributed by atoms with Crippen molar-refractivity contribution in [1.29, 1.82) is 0 Å². The summed E-state index contributed by atoms with van der Waals surface area (Å²) in [6.07, 6.45) is 3.89. The molecule has 1 saturated heterocycles. The van der Waals surface area contributed by atoms with Gasteiger partial charge in [0.15, 0.2) is 5.13 Å². The van der Waals surface area contributed by atoms with Gasteiger partial charge < -0.3 is 15.8 Å². The molecular weight excluding hydrogens is 346 g/mol. The minimum atomic E-state index is -0.514. The molecule has 2 heterocycles. The number of carbonyl (C=O) groups is 1. The largest absolute Gasteiger partial charge is 0.381 e. The van der Waals surface area contributed by atoms with E-state index in [0.717, 1.165) is 41.8 Å². The molecule has 0 saturated carbocycles. The summed E-state index contributed by atoms with van der Waals surface area (Å²) < 4.78 is 5.34. The van der Waals surface area contributed by atoms with Gasteiger partial charge in [-0.1, -0.05) is 37.6 Å². The molecule has 1 atom stereocenters. The molecule has 3 N–H and O–H groups in total. The lowest BCUT2D eigenvalue weighted by molar-refractivity contribution is -0.119. The van der Waals surface area contributed by atoms with Gasteiger partial charge in [-0.15, -0.1) is 11.3 Å². The standard InChI is InChI=1S/C20H27N3O2S/c1-3-4-14-5-7-16(8-6-14)18-13(2)26-20(22-18)23-19(24)17(21)15-9-11-25-12-10-15/h5-8,15,17H,3-4,9-12,21H2,1-2H3,(H,22,23,24). The maximum atomic E-state index is 12.5. The van der Waals surface area contributed by atoms with Gasteiger partial charge in [-0.25, -0.2) is 4.98 Å². The molecular formula is C20H27N3O2S. The third-order valence-electron chi connectivity index (χ3n) is 4.87. The van der Waals surface area contributed by atoms with Crippen LogP contribution in [0.4, 0.5) is 5.13 Å². The molecule has 1 aromatic carbocycles. The van der Waals surface area contributed by atoms with E-state index in [1.165, 1.54) is 16.9 Å². The van der Waals surface area contributed by atoms with Gasteiger partial charge in [-0.2, -0.15) is 0 Å². The summed E-state index contributed by atoms with van der Waals surface area (Å²) in [6, 6.07) is 7.99. The molecule has 6 heteroatoms. The van der Waals surface area contributed by atoms with Crippen LogP contribution in [0, 0.1) is 12.8 Å². The lowest BCUT2D eigenvalue weighted by atomic mass is 9.92. The van der Waals surface area contributed by atoms with Crippen LogP contribution in [0.5, 0.6) is 0 Å². The monoisotopic (exact) mass is 373 g/mol. The molecule has 2 aromatic rings. The highest BCUT2D eigenvalue weighted by atomic mass is 32.1. The zero-order chi connectivity index (χ0) is 18.5. The second-order valence-corrected chi connectivity index (χ2v) is 8.04. The molecule has 1 aliphatic rings. The molecule has 1 unspecified atom stereocenters. The van der Waals surface area contributed by atoms with Gasteiger partial charge in [0.05, 0.1) is 11.7 Å². The second kappa shape index (κ2) is 8.75. The maximum absolute atomic E-state index is 12.5. The molecule has 1 aromatic heterocycles. The zero-order valence-electron chi connectivity index (χ0n) is 15.5. The van der Waals surface area contributed by atoms with E-state index >= 15 is 0 Å². The van der Waals surface area contributed by atoms with Gasteiger partial charge in [0.25, 0.3) is 0 Å². The third-order valence-corrected chi connectivity index (χ3v) is 5.76. The minimum Gasteiger partial charge on any atom is -0.381 e. The lowest BCUT2D eigenvalue weighted by Gasteiger charge is -2.26. The average molecular weight is 374 g/mol. The molecule has 1 amide bonds. The topological polar surface area (TPSA) is 77.2 Å². The fourth-order valence-electron chi connectivity index (χ4n) is 3.31. The van der Waals surface area contributed by atoms with Crippen molar-refractivity contribution >= 4 is 22.4 Å².